The van der Waals surface area contributed by atoms with E-state index < -0.39 is 15.8 Å². The normalized spacial score (nSPS) is 11.0. The number of carboxylic acids is 1. The average Bonchev–Trinajstić information content (AvgIpc) is 2.60. The Morgan fingerprint density at radius 2 is 1.56 bits per heavy atom. The van der Waals surface area contributed by atoms with Crippen LogP contribution in [0.3, 0.4) is 0 Å². The maximum Gasteiger partial charge on any atom is 0.307 e. The van der Waals surface area contributed by atoms with Crippen LogP contribution >= 0.6 is 0 Å². The van der Waals surface area contributed by atoms with Crippen molar-refractivity contribution in [1.29, 1.82) is 5.26 Å². The van der Waals surface area contributed by atoms with Gasteiger partial charge in [-0.2, -0.15) is 5.26 Å². The number of rotatable bonds is 8. The third kappa shape index (κ3) is 5.73. The van der Waals surface area contributed by atoms with Gasteiger partial charge in [-0.15, -0.1) is 0 Å². The van der Waals surface area contributed by atoms with Crippen LogP contribution in [0.2, 0.25) is 0 Å². The molecule has 6 heteroatoms. The van der Waals surface area contributed by atoms with Crippen LogP contribution in [0.4, 0.5) is 0 Å². The first kappa shape index (κ1) is 18.7. The first-order valence-corrected chi connectivity index (χ1v) is 9.58. The second-order valence-corrected chi connectivity index (χ2v) is 7.91. The molecule has 5 nitrogen and oxygen atoms in total. The van der Waals surface area contributed by atoms with Crippen molar-refractivity contribution in [3.8, 4) is 6.07 Å². The fraction of sp³-hybridized carbons (Fsp3) is 0.263. The molecule has 0 bridgehead atoms. The van der Waals surface area contributed by atoms with Crippen molar-refractivity contribution in [3.05, 3.63) is 65.2 Å². The Kier molecular flexibility index (Phi) is 6.31. The SMILES string of the molecule is N#Cc1ccc(S(=O)(=O)CCCCc2ccc(CC(=O)O)cc2)cc1. The number of aliphatic carboxylic acids is 1. The summed E-state index contributed by atoms with van der Waals surface area (Å²) < 4.78 is 24.5. The topological polar surface area (TPSA) is 95.2 Å². The Morgan fingerprint density at radius 3 is 2.12 bits per heavy atom. The van der Waals surface area contributed by atoms with E-state index in [9.17, 15) is 13.2 Å². The summed E-state index contributed by atoms with van der Waals surface area (Å²) in [4.78, 5) is 10.9. The molecule has 0 aromatic heterocycles. The van der Waals surface area contributed by atoms with Crippen LogP contribution in [0.25, 0.3) is 0 Å². The molecule has 2 aromatic rings. The molecular weight excluding hydrogens is 338 g/mol. The summed E-state index contributed by atoms with van der Waals surface area (Å²) in [6.07, 6.45) is 2.02. The van der Waals surface area contributed by atoms with Crippen molar-refractivity contribution in [2.75, 3.05) is 5.75 Å². The van der Waals surface area contributed by atoms with Gasteiger partial charge >= 0.3 is 5.97 Å². The molecule has 0 aliphatic heterocycles. The average molecular weight is 357 g/mol. The molecule has 0 spiro atoms. The number of nitrogens with zero attached hydrogens (tertiary/aromatic N) is 1. The van der Waals surface area contributed by atoms with Crippen molar-refractivity contribution in [3.63, 3.8) is 0 Å². The van der Waals surface area contributed by atoms with Crippen molar-refractivity contribution < 1.29 is 18.3 Å². The zero-order valence-corrected chi connectivity index (χ0v) is 14.5. The molecule has 0 saturated heterocycles. The summed E-state index contributed by atoms with van der Waals surface area (Å²) in [6.45, 7) is 0. The van der Waals surface area contributed by atoms with E-state index in [1.807, 2.05) is 18.2 Å². The van der Waals surface area contributed by atoms with E-state index in [2.05, 4.69) is 0 Å². The highest BCUT2D eigenvalue weighted by Crippen LogP contribution is 2.15. The minimum atomic E-state index is -3.33. The quantitative estimate of drug-likeness (QED) is 0.733. The standard InChI is InChI=1S/C19H19NO4S/c20-14-17-8-10-18(11-9-17)25(23,24)12-2-1-3-15-4-6-16(7-5-15)13-19(21)22/h4-11H,1-3,12-13H2,(H,21,22). The molecule has 0 aliphatic rings. The number of carbonyl (C=O) groups is 1. The Hall–Kier alpha value is -2.65. The van der Waals surface area contributed by atoms with E-state index in [0.29, 0.717) is 12.0 Å². The van der Waals surface area contributed by atoms with E-state index in [1.54, 1.807) is 12.1 Å². The molecule has 0 radical (unpaired) electrons. The second kappa shape index (κ2) is 8.45. The molecule has 0 amide bonds. The van der Waals surface area contributed by atoms with Gasteiger partial charge in [-0.05, 0) is 54.7 Å². The lowest BCUT2D eigenvalue weighted by Gasteiger charge is -2.06. The van der Waals surface area contributed by atoms with Crippen LogP contribution in [-0.4, -0.2) is 25.2 Å². The van der Waals surface area contributed by atoms with Gasteiger partial charge in [-0.25, -0.2) is 8.42 Å². The number of nitriles is 1. The fourth-order valence-electron chi connectivity index (χ4n) is 2.47. The highest BCUT2D eigenvalue weighted by atomic mass is 32.2. The number of aryl methyl sites for hydroxylation is 1. The minimum Gasteiger partial charge on any atom is -0.481 e. The Morgan fingerprint density at radius 1 is 0.960 bits per heavy atom. The molecule has 0 aliphatic carbocycles. The van der Waals surface area contributed by atoms with Gasteiger partial charge in [0.25, 0.3) is 0 Å². The fourth-order valence-corrected chi connectivity index (χ4v) is 3.84. The van der Waals surface area contributed by atoms with Gasteiger partial charge in [-0.3, -0.25) is 4.79 Å². The summed E-state index contributed by atoms with van der Waals surface area (Å²) in [5.74, 6) is -0.795. The van der Waals surface area contributed by atoms with Gasteiger partial charge in [0, 0.05) is 0 Å². The number of hydrogen-bond donors (Lipinski definition) is 1. The van der Waals surface area contributed by atoms with Gasteiger partial charge in [0.15, 0.2) is 9.84 Å². The Balaban J connectivity index is 1.83. The monoisotopic (exact) mass is 357 g/mol. The third-order valence-electron chi connectivity index (χ3n) is 3.85. The zero-order chi connectivity index (χ0) is 18.3. The van der Waals surface area contributed by atoms with Gasteiger partial charge in [0.05, 0.1) is 28.7 Å². The maximum absolute atomic E-state index is 12.3. The smallest absolute Gasteiger partial charge is 0.307 e. The number of sulfone groups is 1. The lowest BCUT2D eigenvalue weighted by molar-refractivity contribution is -0.136. The van der Waals surface area contributed by atoms with E-state index >= 15 is 0 Å². The van der Waals surface area contributed by atoms with E-state index in [1.165, 1.54) is 24.3 Å². The largest absolute Gasteiger partial charge is 0.481 e. The molecule has 0 atom stereocenters. The van der Waals surface area contributed by atoms with Crippen LogP contribution in [0.15, 0.2) is 53.4 Å². The molecule has 25 heavy (non-hydrogen) atoms. The lowest BCUT2D eigenvalue weighted by atomic mass is 10.1. The number of benzene rings is 2. The summed E-state index contributed by atoms with van der Waals surface area (Å²) in [6, 6.07) is 15.3. The Bertz CT molecular complexity index is 863. The van der Waals surface area contributed by atoms with E-state index in [0.717, 1.165) is 24.0 Å². The summed E-state index contributed by atoms with van der Waals surface area (Å²) >= 11 is 0. The van der Waals surface area contributed by atoms with E-state index in [-0.39, 0.29) is 17.1 Å². The highest BCUT2D eigenvalue weighted by molar-refractivity contribution is 7.91. The minimum absolute atomic E-state index is 0.00309. The van der Waals surface area contributed by atoms with Gasteiger partial charge < -0.3 is 5.11 Å². The molecule has 0 fully saturated rings. The van der Waals surface area contributed by atoms with Crippen LogP contribution in [0.5, 0.6) is 0 Å². The second-order valence-electron chi connectivity index (χ2n) is 5.80. The molecule has 130 valence electrons. The molecule has 0 unspecified atom stereocenters. The summed E-state index contributed by atoms with van der Waals surface area (Å²) in [7, 11) is -3.33. The highest BCUT2D eigenvalue weighted by Gasteiger charge is 2.13. The van der Waals surface area contributed by atoms with Crippen LogP contribution in [0, 0.1) is 11.3 Å². The Labute approximate surface area is 147 Å². The van der Waals surface area contributed by atoms with Crippen LogP contribution in [0.1, 0.15) is 29.5 Å². The first-order chi connectivity index (χ1) is 11.9. The predicted molar refractivity (Wildman–Crippen MR) is 93.9 cm³/mol. The van der Waals surface area contributed by atoms with Crippen molar-refractivity contribution in [2.45, 2.75) is 30.6 Å². The first-order valence-electron chi connectivity index (χ1n) is 7.93. The van der Waals surface area contributed by atoms with Gasteiger partial charge in [-0.1, -0.05) is 24.3 Å². The van der Waals surface area contributed by atoms with Crippen LogP contribution < -0.4 is 0 Å². The summed E-state index contributed by atoms with van der Waals surface area (Å²) in [5.41, 5.74) is 2.25. The summed E-state index contributed by atoms with van der Waals surface area (Å²) in [5, 5.41) is 17.5. The third-order valence-corrected chi connectivity index (χ3v) is 5.67. The number of hydrogen-bond acceptors (Lipinski definition) is 4. The molecule has 0 heterocycles. The molecular formula is C19H19NO4S. The van der Waals surface area contributed by atoms with Crippen LogP contribution in [-0.2, 0) is 27.5 Å². The molecule has 2 aromatic carbocycles. The molecule has 2 rings (SSSR count). The van der Waals surface area contributed by atoms with Crippen molar-refractivity contribution >= 4 is 15.8 Å². The lowest BCUT2D eigenvalue weighted by Crippen LogP contribution is -2.07. The molecule has 1 N–H and O–H groups in total. The number of carboxylic acid groups (broad SMARTS) is 1. The van der Waals surface area contributed by atoms with E-state index in [4.69, 9.17) is 10.4 Å². The van der Waals surface area contributed by atoms with Crippen molar-refractivity contribution in [1.82, 2.24) is 0 Å². The predicted octanol–water partition coefficient (Wildman–Crippen LogP) is 2.98. The van der Waals surface area contributed by atoms with Gasteiger partial charge in [0.1, 0.15) is 0 Å². The number of unbranched alkanes of at least 4 members (excludes halogenated alkanes) is 1. The zero-order valence-electron chi connectivity index (χ0n) is 13.7. The van der Waals surface area contributed by atoms with Gasteiger partial charge in [0.2, 0.25) is 0 Å². The van der Waals surface area contributed by atoms with Crippen molar-refractivity contribution in [2.24, 2.45) is 0 Å². The molecule has 0 saturated carbocycles. The maximum atomic E-state index is 12.3.